The lowest BCUT2D eigenvalue weighted by molar-refractivity contribution is 0.292. The zero-order valence-electron chi connectivity index (χ0n) is 12.9. The maximum absolute atomic E-state index is 13.6. The van der Waals surface area contributed by atoms with Crippen molar-refractivity contribution in [3.63, 3.8) is 0 Å². The molecule has 2 unspecified atom stereocenters. The van der Waals surface area contributed by atoms with E-state index in [2.05, 4.69) is 18.7 Å². The summed E-state index contributed by atoms with van der Waals surface area (Å²) in [5, 5.41) is 0. The van der Waals surface area contributed by atoms with Crippen molar-refractivity contribution in [3.8, 4) is 0 Å². The van der Waals surface area contributed by atoms with Gasteiger partial charge in [-0.15, -0.1) is 0 Å². The first-order valence-corrected chi connectivity index (χ1v) is 7.71. The number of hydrogen-bond donors (Lipinski definition) is 1. The van der Waals surface area contributed by atoms with E-state index in [4.69, 9.17) is 5.73 Å². The Morgan fingerprint density at radius 3 is 2.75 bits per heavy atom. The highest BCUT2D eigenvalue weighted by molar-refractivity contribution is 5.25. The Labute approximate surface area is 122 Å². The quantitative estimate of drug-likeness (QED) is 0.893. The molecule has 2 rings (SSSR count). The average molecular weight is 278 g/mol. The first-order chi connectivity index (χ1) is 9.47. The molecule has 0 aromatic heterocycles. The Hall–Kier alpha value is -0.930. The highest BCUT2D eigenvalue weighted by Gasteiger charge is 2.24. The first-order valence-electron chi connectivity index (χ1n) is 7.71. The third-order valence-electron chi connectivity index (χ3n) is 4.63. The van der Waals surface area contributed by atoms with E-state index in [9.17, 15) is 4.39 Å². The van der Waals surface area contributed by atoms with Crippen LogP contribution >= 0.6 is 0 Å². The van der Waals surface area contributed by atoms with Gasteiger partial charge in [-0.05, 0) is 61.9 Å². The predicted octanol–water partition coefficient (Wildman–Crippen LogP) is 3.50. The van der Waals surface area contributed by atoms with Crippen molar-refractivity contribution in [2.24, 2.45) is 17.6 Å². The Kier molecular flexibility index (Phi) is 5.17. The number of likely N-dealkylation sites (tertiary alicyclic amines) is 1. The normalized spacial score (nSPS) is 21.6. The van der Waals surface area contributed by atoms with Crippen LogP contribution in [0.3, 0.4) is 0 Å². The molecule has 3 heteroatoms. The van der Waals surface area contributed by atoms with Gasteiger partial charge in [0.1, 0.15) is 5.82 Å². The van der Waals surface area contributed by atoms with E-state index in [1.54, 1.807) is 13.0 Å². The molecule has 0 amide bonds. The number of aryl methyl sites for hydroxylation is 1. The Bertz CT molecular complexity index is 445. The van der Waals surface area contributed by atoms with Gasteiger partial charge in [0, 0.05) is 12.6 Å². The molecular formula is C17H27FN2. The van der Waals surface area contributed by atoms with Gasteiger partial charge in [0.2, 0.25) is 0 Å². The van der Waals surface area contributed by atoms with Gasteiger partial charge in [0.05, 0.1) is 0 Å². The lowest BCUT2D eigenvalue weighted by Crippen LogP contribution is -2.26. The minimum Gasteiger partial charge on any atom is -0.324 e. The number of nitrogens with zero attached hydrogens (tertiary/aromatic N) is 1. The van der Waals surface area contributed by atoms with Crippen LogP contribution < -0.4 is 5.73 Å². The molecule has 1 aromatic rings. The summed E-state index contributed by atoms with van der Waals surface area (Å²) in [6.45, 7) is 9.76. The van der Waals surface area contributed by atoms with Crippen molar-refractivity contribution < 1.29 is 4.39 Å². The number of halogens is 1. The molecule has 1 fully saturated rings. The number of nitrogens with two attached hydrogens (primary N) is 1. The van der Waals surface area contributed by atoms with Gasteiger partial charge >= 0.3 is 0 Å². The molecular weight excluding hydrogens is 251 g/mol. The lowest BCUT2D eigenvalue weighted by Gasteiger charge is -2.20. The maximum Gasteiger partial charge on any atom is 0.126 e. The summed E-state index contributed by atoms with van der Waals surface area (Å²) < 4.78 is 13.6. The fourth-order valence-corrected chi connectivity index (χ4v) is 2.94. The highest BCUT2D eigenvalue weighted by atomic mass is 19.1. The van der Waals surface area contributed by atoms with Crippen LogP contribution in [0, 0.1) is 24.6 Å². The van der Waals surface area contributed by atoms with E-state index < -0.39 is 0 Å². The maximum atomic E-state index is 13.6. The van der Waals surface area contributed by atoms with Gasteiger partial charge in [0.15, 0.2) is 0 Å². The van der Waals surface area contributed by atoms with Crippen LogP contribution in [0.1, 0.15) is 43.9 Å². The van der Waals surface area contributed by atoms with E-state index in [1.807, 2.05) is 12.1 Å². The highest BCUT2D eigenvalue weighted by Crippen LogP contribution is 2.25. The van der Waals surface area contributed by atoms with Crippen LogP contribution in [0.5, 0.6) is 0 Å². The number of hydrogen-bond acceptors (Lipinski definition) is 2. The molecule has 1 aliphatic rings. The van der Waals surface area contributed by atoms with Crippen molar-refractivity contribution >= 4 is 0 Å². The van der Waals surface area contributed by atoms with E-state index in [1.165, 1.54) is 19.5 Å². The molecule has 0 bridgehead atoms. The van der Waals surface area contributed by atoms with Gasteiger partial charge in [-0.2, -0.15) is 0 Å². The molecule has 2 atom stereocenters. The van der Waals surface area contributed by atoms with Crippen molar-refractivity contribution in [2.45, 2.75) is 39.7 Å². The molecule has 0 aliphatic carbocycles. The van der Waals surface area contributed by atoms with E-state index in [0.717, 1.165) is 30.4 Å². The monoisotopic (exact) mass is 278 g/mol. The van der Waals surface area contributed by atoms with Gasteiger partial charge in [0.25, 0.3) is 0 Å². The van der Waals surface area contributed by atoms with Gasteiger partial charge in [-0.25, -0.2) is 4.39 Å². The van der Waals surface area contributed by atoms with Crippen LogP contribution in [0.15, 0.2) is 18.2 Å². The molecule has 1 saturated heterocycles. The molecule has 1 aromatic carbocycles. The van der Waals surface area contributed by atoms with E-state index in [0.29, 0.717) is 5.56 Å². The zero-order valence-corrected chi connectivity index (χ0v) is 12.9. The van der Waals surface area contributed by atoms with Crippen LogP contribution in [0.4, 0.5) is 4.39 Å². The summed E-state index contributed by atoms with van der Waals surface area (Å²) in [7, 11) is 0. The summed E-state index contributed by atoms with van der Waals surface area (Å²) in [4.78, 5) is 2.50. The molecule has 112 valence electrons. The summed E-state index contributed by atoms with van der Waals surface area (Å²) >= 11 is 0. The van der Waals surface area contributed by atoms with Crippen molar-refractivity contribution in [1.82, 2.24) is 4.90 Å². The van der Waals surface area contributed by atoms with Crippen molar-refractivity contribution in [2.75, 3.05) is 19.6 Å². The van der Waals surface area contributed by atoms with Gasteiger partial charge < -0.3 is 10.6 Å². The number of rotatable bonds is 5. The summed E-state index contributed by atoms with van der Waals surface area (Å²) in [6, 6.07) is 5.28. The topological polar surface area (TPSA) is 29.3 Å². The lowest BCUT2D eigenvalue weighted by atomic mass is 9.95. The molecule has 0 saturated carbocycles. The fraction of sp³-hybridized carbons (Fsp3) is 0.647. The van der Waals surface area contributed by atoms with Crippen LogP contribution in [0.2, 0.25) is 0 Å². The zero-order chi connectivity index (χ0) is 14.7. The third kappa shape index (κ3) is 3.80. The minimum atomic E-state index is -0.154. The summed E-state index contributed by atoms with van der Waals surface area (Å²) in [5.74, 6) is 1.43. The average Bonchev–Trinajstić information content (AvgIpc) is 2.88. The molecule has 0 radical (unpaired) electrons. The van der Waals surface area contributed by atoms with Crippen molar-refractivity contribution in [1.29, 1.82) is 0 Å². The molecule has 1 aliphatic heterocycles. The third-order valence-corrected chi connectivity index (χ3v) is 4.63. The first kappa shape index (κ1) is 15.5. The van der Waals surface area contributed by atoms with Crippen LogP contribution in [-0.2, 0) is 0 Å². The molecule has 2 nitrogen and oxygen atoms in total. The second kappa shape index (κ2) is 6.68. The Balaban J connectivity index is 1.83. The second-order valence-electron chi connectivity index (χ2n) is 6.50. The summed E-state index contributed by atoms with van der Waals surface area (Å²) in [5.41, 5.74) is 7.78. The van der Waals surface area contributed by atoms with Crippen LogP contribution in [-0.4, -0.2) is 24.5 Å². The molecule has 2 N–H and O–H groups in total. The van der Waals surface area contributed by atoms with Gasteiger partial charge in [-0.3, -0.25) is 0 Å². The fourth-order valence-electron chi connectivity index (χ4n) is 2.94. The number of benzene rings is 1. The minimum absolute atomic E-state index is 0.0665. The Morgan fingerprint density at radius 2 is 2.15 bits per heavy atom. The second-order valence-corrected chi connectivity index (χ2v) is 6.50. The molecule has 20 heavy (non-hydrogen) atoms. The SMILES string of the molecule is Cc1ccc(C(N)CCN2CCC(C(C)C)C2)cc1F. The van der Waals surface area contributed by atoms with Crippen molar-refractivity contribution in [3.05, 3.63) is 35.1 Å². The molecule has 1 heterocycles. The predicted molar refractivity (Wildman–Crippen MR) is 82.1 cm³/mol. The molecule has 0 spiro atoms. The largest absolute Gasteiger partial charge is 0.324 e. The smallest absolute Gasteiger partial charge is 0.126 e. The standard InChI is InChI=1S/C17H27FN2/c1-12(2)15-6-8-20(11-15)9-7-17(19)14-5-4-13(3)16(18)10-14/h4-5,10,12,15,17H,6-9,11,19H2,1-3H3. The van der Waals surface area contributed by atoms with Crippen LogP contribution in [0.25, 0.3) is 0 Å². The van der Waals surface area contributed by atoms with Gasteiger partial charge in [-0.1, -0.05) is 26.0 Å². The Morgan fingerprint density at radius 1 is 1.40 bits per heavy atom. The summed E-state index contributed by atoms with van der Waals surface area (Å²) in [6.07, 6.45) is 2.19. The van der Waals surface area contributed by atoms with E-state index >= 15 is 0 Å². The van der Waals surface area contributed by atoms with E-state index in [-0.39, 0.29) is 11.9 Å².